The summed E-state index contributed by atoms with van der Waals surface area (Å²) in [5.74, 6) is 0. The molecule has 0 bridgehead atoms. The first kappa shape index (κ1) is 14.0. The molecule has 1 aliphatic carbocycles. The Morgan fingerprint density at radius 1 is 1.30 bits per heavy atom. The Kier molecular flexibility index (Phi) is 3.56. The summed E-state index contributed by atoms with van der Waals surface area (Å²) in [5.41, 5.74) is -0.325. The van der Waals surface area contributed by atoms with E-state index in [0.717, 1.165) is 24.6 Å². The Labute approximate surface area is 126 Å². The number of aromatic nitrogens is 1. The fraction of sp³-hybridized carbons (Fsp3) is 0.357. The average molecular weight is 355 g/mol. The van der Waals surface area contributed by atoms with Gasteiger partial charge in [-0.25, -0.2) is 13.1 Å². The minimum absolute atomic E-state index is 0.324. The van der Waals surface area contributed by atoms with Crippen molar-refractivity contribution < 1.29 is 8.42 Å². The van der Waals surface area contributed by atoms with Crippen LogP contribution in [0.3, 0.4) is 0 Å². The quantitative estimate of drug-likeness (QED) is 0.858. The first-order chi connectivity index (χ1) is 9.56. The van der Waals surface area contributed by atoms with Crippen molar-refractivity contribution in [2.45, 2.75) is 29.7 Å². The molecule has 2 aromatic rings. The fourth-order valence-electron chi connectivity index (χ4n) is 2.53. The van der Waals surface area contributed by atoms with Crippen molar-refractivity contribution in [2.75, 3.05) is 5.33 Å². The van der Waals surface area contributed by atoms with Crippen LogP contribution in [0.2, 0.25) is 0 Å². The Hall–Kier alpha value is -0.980. The molecule has 0 atom stereocenters. The highest BCUT2D eigenvalue weighted by Crippen LogP contribution is 2.35. The van der Waals surface area contributed by atoms with Crippen molar-refractivity contribution in [2.24, 2.45) is 0 Å². The lowest BCUT2D eigenvalue weighted by Crippen LogP contribution is -2.54. The summed E-state index contributed by atoms with van der Waals surface area (Å²) in [5, 5.41) is 2.18. The Balaban J connectivity index is 2.05. The summed E-state index contributed by atoms with van der Waals surface area (Å²) in [4.78, 5) is 4.36. The van der Waals surface area contributed by atoms with Gasteiger partial charge in [0.15, 0.2) is 0 Å². The maximum atomic E-state index is 12.7. The smallest absolute Gasteiger partial charge is 0.241 e. The SMILES string of the molecule is O=S(=O)(NC1(CBr)CCC1)c1cccc2cnccc12. The van der Waals surface area contributed by atoms with Gasteiger partial charge in [-0.2, -0.15) is 0 Å². The number of fused-ring (bicyclic) bond motifs is 1. The zero-order chi connectivity index (χ0) is 14.2. The summed E-state index contributed by atoms with van der Waals surface area (Å²) in [7, 11) is -3.53. The van der Waals surface area contributed by atoms with Crippen LogP contribution < -0.4 is 4.72 Å². The monoisotopic (exact) mass is 354 g/mol. The zero-order valence-corrected chi connectivity index (χ0v) is 13.2. The van der Waals surface area contributed by atoms with E-state index in [1.807, 2.05) is 6.07 Å². The number of hydrogen-bond acceptors (Lipinski definition) is 3. The van der Waals surface area contributed by atoms with Gasteiger partial charge in [-0.15, -0.1) is 0 Å². The Morgan fingerprint density at radius 2 is 2.10 bits per heavy atom. The summed E-state index contributed by atoms with van der Waals surface area (Å²) in [6.07, 6.45) is 6.12. The molecular formula is C14H15BrN2O2S. The number of nitrogens with one attached hydrogen (secondary N) is 1. The van der Waals surface area contributed by atoms with E-state index in [-0.39, 0.29) is 5.54 Å². The maximum Gasteiger partial charge on any atom is 0.241 e. The van der Waals surface area contributed by atoms with Gasteiger partial charge < -0.3 is 0 Å². The van der Waals surface area contributed by atoms with Crippen LogP contribution in [0, 0.1) is 0 Å². The van der Waals surface area contributed by atoms with E-state index in [4.69, 9.17) is 0 Å². The molecule has 1 N–H and O–H groups in total. The normalized spacial score (nSPS) is 17.9. The molecule has 0 unspecified atom stereocenters. The third kappa shape index (κ3) is 2.36. The standard InChI is InChI=1S/C14H15BrN2O2S/c15-10-14(6-2-7-14)17-20(18,19)13-4-1-3-11-9-16-8-5-12(11)13/h1,3-5,8-9,17H,2,6-7,10H2. The van der Waals surface area contributed by atoms with Crippen molar-refractivity contribution in [3.8, 4) is 0 Å². The van der Waals surface area contributed by atoms with Crippen molar-refractivity contribution in [3.05, 3.63) is 36.7 Å². The highest BCUT2D eigenvalue weighted by molar-refractivity contribution is 9.09. The van der Waals surface area contributed by atoms with Crippen LogP contribution in [0.4, 0.5) is 0 Å². The third-order valence-electron chi connectivity index (χ3n) is 3.85. The van der Waals surface area contributed by atoms with E-state index >= 15 is 0 Å². The summed E-state index contributed by atoms with van der Waals surface area (Å²) >= 11 is 3.42. The fourth-order valence-corrected chi connectivity index (χ4v) is 5.11. The third-order valence-corrected chi connectivity index (χ3v) is 6.56. The van der Waals surface area contributed by atoms with Crippen LogP contribution in [0.5, 0.6) is 0 Å². The van der Waals surface area contributed by atoms with Crippen LogP contribution in [0.25, 0.3) is 10.8 Å². The molecule has 0 aliphatic heterocycles. The van der Waals surface area contributed by atoms with E-state index in [1.54, 1.807) is 30.6 Å². The number of sulfonamides is 1. The molecule has 20 heavy (non-hydrogen) atoms. The molecule has 0 radical (unpaired) electrons. The van der Waals surface area contributed by atoms with E-state index in [0.29, 0.717) is 15.6 Å². The van der Waals surface area contributed by atoms with E-state index in [1.165, 1.54) is 0 Å². The van der Waals surface area contributed by atoms with Crippen molar-refractivity contribution >= 4 is 36.7 Å². The predicted octanol–water partition coefficient (Wildman–Crippen LogP) is 2.83. The van der Waals surface area contributed by atoms with Crippen LogP contribution in [0.1, 0.15) is 19.3 Å². The second-order valence-corrected chi connectivity index (χ2v) is 7.44. The largest absolute Gasteiger partial charge is 0.264 e. The van der Waals surface area contributed by atoms with Gasteiger partial charge in [0.1, 0.15) is 0 Å². The van der Waals surface area contributed by atoms with Crippen molar-refractivity contribution in [3.63, 3.8) is 0 Å². The number of halogens is 1. The molecule has 106 valence electrons. The zero-order valence-electron chi connectivity index (χ0n) is 10.8. The first-order valence-corrected chi connectivity index (χ1v) is 9.10. The molecule has 1 aromatic heterocycles. The summed E-state index contributed by atoms with van der Waals surface area (Å²) in [6.45, 7) is 0. The van der Waals surface area contributed by atoms with Gasteiger partial charge in [-0.05, 0) is 31.4 Å². The van der Waals surface area contributed by atoms with Gasteiger partial charge in [0, 0.05) is 34.0 Å². The second-order valence-electron chi connectivity index (χ2n) is 5.23. The predicted molar refractivity (Wildman–Crippen MR) is 82.4 cm³/mol. The molecule has 1 saturated carbocycles. The lowest BCUT2D eigenvalue weighted by Gasteiger charge is -2.40. The number of hydrogen-bond donors (Lipinski definition) is 1. The molecule has 0 amide bonds. The number of pyridine rings is 1. The van der Waals surface area contributed by atoms with Crippen molar-refractivity contribution in [1.82, 2.24) is 9.71 Å². The summed E-state index contributed by atoms with van der Waals surface area (Å²) < 4.78 is 28.2. The Bertz CT molecular complexity index is 731. The van der Waals surface area contributed by atoms with Crippen molar-refractivity contribution in [1.29, 1.82) is 0 Å². The van der Waals surface area contributed by atoms with Gasteiger partial charge in [0.25, 0.3) is 0 Å². The highest BCUT2D eigenvalue weighted by atomic mass is 79.9. The minimum Gasteiger partial charge on any atom is -0.264 e. The van der Waals surface area contributed by atoms with E-state index in [2.05, 4.69) is 25.6 Å². The lowest BCUT2D eigenvalue weighted by atomic mass is 9.80. The number of alkyl halides is 1. The minimum atomic E-state index is -3.53. The Morgan fingerprint density at radius 3 is 2.75 bits per heavy atom. The van der Waals surface area contributed by atoms with E-state index in [9.17, 15) is 8.42 Å². The molecule has 0 saturated heterocycles. The van der Waals surface area contributed by atoms with Gasteiger partial charge in [0.05, 0.1) is 4.90 Å². The molecule has 1 heterocycles. The average Bonchev–Trinajstić information content (AvgIpc) is 2.42. The van der Waals surface area contributed by atoms with E-state index < -0.39 is 10.0 Å². The van der Waals surface area contributed by atoms with Gasteiger partial charge in [-0.1, -0.05) is 28.1 Å². The topological polar surface area (TPSA) is 59.1 Å². The first-order valence-electron chi connectivity index (χ1n) is 6.49. The summed E-state index contributed by atoms with van der Waals surface area (Å²) in [6, 6.07) is 7.00. The molecule has 3 rings (SSSR count). The molecule has 6 heteroatoms. The number of rotatable bonds is 4. The molecule has 1 fully saturated rings. The van der Waals surface area contributed by atoms with Crippen LogP contribution in [-0.4, -0.2) is 24.3 Å². The lowest BCUT2D eigenvalue weighted by molar-refractivity contribution is 0.256. The highest BCUT2D eigenvalue weighted by Gasteiger charge is 2.40. The van der Waals surface area contributed by atoms with Gasteiger partial charge in [-0.3, -0.25) is 4.98 Å². The van der Waals surface area contributed by atoms with Crippen LogP contribution in [-0.2, 0) is 10.0 Å². The van der Waals surface area contributed by atoms with Gasteiger partial charge >= 0.3 is 0 Å². The van der Waals surface area contributed by atoms with Crippen LogP contribution >= 0.6 is 15.9 Å². The second kappa shape index (κ2) is 5.09. The van der Waals surface area contributed by atoms with Crippen LogP contribution in [0.15, 0.2) is 41.6 Å². The molecular weight excluding hydrogens is 340 g/mol. The molecule has 1 aliphatic rings. The number of benzene rings is 1. The molecule has 1 aromatic carbocycles. The molecule has 4 nitrogen and oxygen atoms in total. The van der Waals surface area contributed by atoms with Gasteiger partial charge in [0.2, 0.25) is 10.0 Å². The maximum absolute atomic E-state index is 12.7. The molecule has 0 spiro atoms. The number of nitrogens with zero attached hydrogens (tertiary/aromatic N) is 1.